The molecule has 32 heavy (non-hydrogen) atoms. The monoisotopic (exact) mass is 493 g/mol. The normalized spacial score (nSPS) is 22.5. The molecule has 0 saturated carbocycles. The highest BCUT2D eigenvalue weighted by molar-refractivity contribution is 6.40. The van der Waals surface area contributed by atoms with Gasteiger partial charge in [0.25, 0.3) is 0 Å². The van der Waals surface area contributed by atoms with Gasteiger partial charge in [-0.2, -0.15) is 10.5 Å². The summed E-state index contributed by atoms with van der Waals surface area (Å²) in [5.41, 5.74) is 5.52. The number of amides is 1. The molecule has 0 bridgehead atoms. The molecule has 0 radical (unpaired) electrons. The van der Waals surface area contributed by atoms with E-state index in [2.05, 4.69) is 19.4 Å². The quantitative estimate of drug-likeness (QED) is 0.499. The van der Waals surface area contributed by atoms with Gasteiger partial charge in [-0.15, -0.1) is 0 Å². The van der Waals surface area contributed by atoms with Gasteiger partial charge in [0, 0.05) is 16.0 Å². The van der Waals surface area contributed by atoms with E-state index in [1.165, 1.54) is 6.42 Å². The van der Waals surface area contributed by atoms with Crippen LogP contribution >= 0.6 is 34.8 Å². The Hall–Kier alpha value is -1.79. The molecule has 4 rings (SSSR count). The Balaban J connectivity index is 1.73. The van der Waals surface area contributed by atoms with Crippen LogP contribution in [0.15, 0.2) is 47.6 Å². The summed E-state index contributed by atoms with van der Waals surface area (Å²) in [7, 11) is 2.08. The Bertz CT molecular complexity index is 1020. The zero-order valence-electron chi connectivity index (χ0n) is 18.3. The largest absolute Gasteiger partial charge is 0.312 e. The number of quaternary nitrogens is 1. The fraction of sp³-hybridized carbons (Fsp3) is 0.417. The van der Waals surface area contributed by atoms with Crippen molar-refractivity contribution in [3.8, 4) is 0 Å². The van der Waals surface area contributed by atoms with Gasteiger partial charge in [0.1, 0.15) is 18.8 Å². The minimum absolute atomic E-state index is 0.0979. The maximum absolute atomic E-state index is 13.5. The fourth-order valence-corrected chi connectivity index (χ4v) is 5.35. The fourth-order valence-electron chi connectivity index (χ4n) is 4.73. The van der Waals surface area contributed by atoms with Crippen LogP contribution < -0.4 is 10.4 Å². The number of nitrogens with one attached hydrogen (secondary N) is 1. The molecule has 1 fully saturated rings. The van der Waals surface area contributed by atoms with Crippen LogP contribution in [0.5, 0.6) is 0 Å². The zero-order chi connectivity index (χ0) is 22.9. The summed E-state index contributed by atoms with van der Waals surface area (Å²) >= 11 is 18.8. The van der Waals surface area contributed by atoms with Crippen molar-refractivity contribution in [2.45, 2.75) is 38.6 Å². The van der Waals surface area contributed by atoms with E-state index in [1.54, 1.807) is 12.1 Å². The van der Waals surface area contributed by atoms with Crippen molar-refractivity contribution in [3.05, 3.63) is 63.1 Å². The molecule has 1 amide bonds. The molecule has 170 valence electrons. The highest BCUT2D eigenvalue weighted by Crippen LogP contribution is 2.43. The lowest BCUT2D eigenvalue weighted by Crippen LogP contribution is -2.61. The van der Waals surface area contributed by atoms with E-state index in [0.29, 0.717) is 25.4 Å². The molecule has 2 aromatic carbocycles. The summed E-state index contributed by atoms with van der Waals surface area (Å²) in [5.74, 6) is -0.216. The zero-order valence-corrected chi connectivity index (χ0v) is 20.6. The third kappa shape index (κ3) is 4.76. The lowest BCUT2D eigenvalue weighted by Gasteiger charge is -2.36. The molecule has 8 heteroatoms. The number of nitrogens with zero attached hydrogens (tertiary/aromatic N) is 3. The number of benzene rings is 2. The van der Waals surface area contributed by atoms with Gasteiger partial charge in [-0.3, -0.25) is 9.80 Å². The van der Waals surface area contributed by atoms with Crippen LogP contribution in [-0.2, 0) is 4.79 Å². The number of hydrogen-bond donors (Lipinski definition) is 1. The Kier molecular flexibility index (Phi) is 7.01. The molecular formula is C24H28Cl3N4O+. The number of hydrazone groups is 1. The number of anilines is 1. The van der Waals surface area contributed by atoms with E-state index in [4.69, 9.17) is 39.9 Å². The predicted molar refractivity (Wildman–Crippen MR) is 132 cm³/mol. The second-order valence-electron chi connectivity index (χ2n) is 8.78. The number of carbonyl (C=O) groups is 1. The Morgan fingerprint density at radius 2 is 1.72 bits per heavy atom. The molecule has 2 aliphatic heterocycles. The Morgan fingerprint density at radius 3 is 2.34 bits per heavy atom. The molecule has 1 N–H and O–H groups in total. The van der Waals surface area contributed by atoms with E-state index in [9.17, 15) is 4.79 Å². The second kappa shape index (κ2) is 9.60. The standard InChI is InChI=1S/C24H27Cl3N4O/c1-3-19-22(24(32)29-31(2)13-5-4-6-14-31)28-30(21-12-11-18(26)15-20(21)27)23(19)16-7-9-17(25)10-8-16/h7-12,15,19,23H,3-6,13-14H2,1-2H3/p+1/t19-,23+/m0/s1. The highest BCUT2D eigenvalue weighted by Gasteiger charge is 2.43. The lowest BCUT2D eigenvalue weighted by molar-refractivity contribution is -0.947. The van der Waals surface area contributed by atoms with E-state index < -0.39 is 0 Å². The maximum atomic E-state index is 13.5. The third-order valence-corrected chi connectivity index (χ3v) is 7.22. The lowest BCUT2D eigenvalue weighted by atomic mass is 9.87. The third-order valence-electron chi connectivity index (χ3n) is 6.43. The van der Waals surface area contributed by atoms with Gasteiger partial charge < -0.3 is 0 Å². The summed E-state index contributed by atoms with van der Waals surface area (Å²) in [6.45, 7) is 3.95. The molecule has 2 atom stereocenters. The molecule has 0 aliphatic carbocycles. The molecular weight excluding hydrogens is 467 g/mol. The van der Waals surface area contributed by atoms with E-state index in [1.807, 2.05) is 35.3 Å². The number of hydrogen-bond acceptors (Lipinski definition) is 3. The molecule has 0 spiro atoms. The molecule has 2 heterocycles. The number of halogens is 3. The van der Waals surface area contributed by atoms with Crippen molar-refractivity contribution in [2.75, 3.05) is 25.1 Å². The summed E-state index contributed by atoms with van der Waals surface area (Å²) in [6.07, 6.45) is 4.19. The van der Waals surface area contributed by atoms with E-state index >= 15 is 0 Å². The van der Waals surface area contributed by atoms with Crippen LogP contribution in [0, 0.1) is 5.92 Å². The molecule has 0 unspecified atom stereocenters. The molecule has 2 aromatic rings. The summed E-state index contributed by atoms with van der Waals surface area (Å²) < 4.78 is 0.543. The van der Waals surface area contributed by atoms with Gasteiger partial charge in [-0.05, 0) is 61.6 Å². The van der Waals surface area contributed by atoms with Crippen LogP contribution in [-0.4, -0.2) is 36.3 Å². The summed E-state index contributed by atoms with van der Waals surface area (Å²) in [5, 5.41) is 8.42. The molecule has 2 aliphatic rings. The topological polar surface area (TPSA) is 44.7 Å². The van der Waals surface area contributed by atoms with E-state index in [0.717, 1.165) is 43.6 Å². The minimum atomic E-state index is -0.177. The van der Waals surface area contributed by atoms with Crippen molar-refractivity contribution in [2.24, 2.45) is 11.0 Å². The van der Waals surface area contributed by atoms with Crippen molar-refractivity contribution in [3.63, 3.8) is 0 Å². The van der Waals surface area contributed by atoms with Crippen molar-refractivity contribution in [1.29, 1.82) is 0 Å². The van der Waals surface area contributed by atoms with Gasteiger partial charge in [0.05, 0.1) is 23.8 Å². The average molecular weight is 495 g/mol. The van der Waals surface area contributed by atoms with Crippen molar-refractivity contribution >= 4 is 52.1 Å². The molecule has 5 nitrogen and oxygen atoms in total. The SMILES string of the molecule is CC[C@H]1C(C(=O)N[N+]2(C)CCCCC2)=NN(c2ccc(Cl)cc2Cl)[C@@H]1c1ccc(Cl)cc1. The molecule has 1 saturated heterocycles. The Morgan fingerprint density at radius 1 is 1.06 bits per heavy atom. The van der Waals surface area contributed by atoms with Crippen LogP contribution in [0.3, 0.4) is 0 Å². The predicted octanol–water partition coefficient (Wildman–Crippen LogP) is 6.25. The molecule has 0 aromatic heterocycles. The van der Waals surface area contributed by atoms with Crippen LogP contribution in [0.2, 0.25) is 15.1 Å². The minimum Gasteiger partial charge on any atom is -0.263 e. The van der Waals surface area contributed by atoms with Crippen LogP contribution in [0.4, 0.5) is 5.69 Å². The first-order valence-corrected chi connectivity index (χ1v) is 12.2. The number of rotatable bonds is 5. The number of piperidine rings is 1. The van der Waals surface area contributed by atoms with Gasteiger partial charge in [0.2, 0.25) is 0 Å². The Labute approximate surface area is 204 Å². The summed E-state index contributed by atoms with van der Waals surface area (Å²) in [4.78, 5) is 13.5. The first-order chi connectivity index (χ1) is 15.3. The second-order valence-corrected chi connectivity index (χ2v) is 10.1. The van der Waals surface area contributed by atoms with Gasteiger partial charge in [0.15, 0.2) is 0 Å². The number of carbonyl (C=O) groups excluding carboxylic acids is 1. The van der Waals surface area contributed by atoms with E-state index in [-0.39, 0.29) is 17.9 Å². The van der Waals surface area contributed by atoms with Gasteiger partial charge in [-0.1, -0.05) is 53.9 Å². The first kappa shape index (κ1) is 23.4. The maximum Gasteiger partial charge on any atom is 0.312 e. The first-order valence-electron chi connectivity index (χ1n) is 11.1. The van der Waals surface area contributed by atoms with Gasteiger partial charge >= 0.3 is 5.91 Å². The summed E-state index contributed by atoms with van der Waals surface area (Å²) in [6, 6.07) is 12.9. The number of likely N-dealkylation sites (tertiary alicyclic amines) is 1. The smallest absolute Gasteiger partial charge is 0.263 e. The highest BCUT2D eigenvalue weighted by atomic mass is 35.5. The average Bonchev–Trinajstić information content (AvgIpc) is 3.14. The van der Waals surface area contributed by atoms with Crippen molar-refractivity contribution < 1.29 is 9.39 Å². The van der Waals surface area contributed by atoms with Gasteiger partial charge in [-0.25, -0.2) is 4.59 Å². The van der Waals surface area contributed by atoms with Crippen LogP contribution in [0.25, 0.3) is 0 Å². The van der Waals surface area contributed by atoms with Crippen LogP contribution in [0.1, 0.15) is 44.2 Å². The van der Waals surface area contributed by atoms with Crippen molar-refractivity contribution in [1.82, 2.24) is 5.43 Å².